The molecule has 8 nitrogen and oxygen atoms in total. The van der Waals surface area contributed by atoms with Gasteiger partial charge < -0.3 is 19.4 Å². The maximum Gasteiger partial charge on any atom is 0.410 e. The Morgan fingerprint density at radius 2 is 1.74 bits per heavy atom. The largest absolute Gasteiger partial charge is 0.461 e. The number of aromatic nitrogens is 2. The zero-order valence-corrected chi connectivity index (χ0v) is 23.2. The number of amides is 1. The first kappa shape index (κ1) is 32.1. The molecule has 1 unspecified atom stereocenters. The van der Waals surface area contributed by atoms with Gasteiger partial charge in [-0.25, -0.2) is 14.6 Å². The van der Waals surface area contributed by atoms with Crippen LogP contribution in [0.15, 0.2) is 29.1 Å². The summed E-state index contributed by atoms with van der Waals surface area (Å²) in [6, 6.07) is 7.40. The number of H-pyrrole nitrogens is 1. The van der Waals surface area contributed by atoms with Gasteiger partial charge in [0.05, 0.1) is 17.6 Å². The minimum atomic E-state index is -0.700. The number of hydrogen-bond acceptors (Lipinski definition) is 6. The van der Waals surface area contributed by atoms with Crippen molar-refractivity contribution in [2.45, 2.75) is 93.7 Å². The number of carbonyl (C=O) groups is 2. The van der Waals surface area contributed by atoms with Gasteiger partial charge in [0.1, 0.15) is 5.60 Å². The quantitative estimate of drug-likeness (QED) is 0.511. The molecule has 0 aliphatic carbocycles. The Hall–Kier alpha value is -2.90. The molecule has 0 saturated carbocycles. The molecule has 8 heteroatoms. The van der Waals surface area contributed by atoms with Gasteiger partial charge in [-0.2, -0.15) is 0 Å². The van der Waals surface area contributed by atoms with Gasteiger partial charge in [0.25, 0.3) is 5.56 Å². The summed E-state index contributed by atoms with van der Waals surface area (Å²) in [4.78, 5) is 43.1. The Labute approximate surface area is 210 Å². The molecule has 198 valence electrons. The minimum absolute atomic E-state index is 0.153. The summed E-state index contributed by atoms with van der Waals surface area (Å²) in [6.45, 7) is 20.8. The first-order valence-electron chi connectivity index (χ1n) is 12.7. The van der Waals surface area contributed by atoms with Crippen LogP contribution in [-0.2, 0) is 9.47 Å². The van der Waals surface area contributed by atoms with E-state index < -0.39 is 11.5 Å². The van der Waals surface area contributed by atoms with Crippen molar-refractivity contribution in [2.24, 2.45) is 5.92 Å². The van der Waals surface area contributed by atoms with Crippen LogP contribution in [0.1, 0.15) is 92.6 Å². The van der Waals surface area contributed by atoms with Crippen molar-refractivity contribution in [2.75, 3.05) is 13.2 Å². The average Bonchev–Trinajstić information content (AvgIpc) is 2.78. The molecule has 1 aliphatic heterocycles. The molecule has 35 heavy (non-hydrogen) atoms. The number of esters is 1. The molecule has 1 N–H and O–H groups in total. The van der Waals surface area contributed by atoms with E-state index in [1.807, 2.05) is 53.4 Å². The second kappa shape index (κ2) is 15.9. The fraction of sp³-hybridized carbons (Fsp3) is 0.630. The van der Waals surface area contributed by atoms with Gasteiger partial charge in [-0.15, -0.1) is 0 Å². The molecular formula is C27H45N3O5. The average molecular weight is 492 g/mol. The number of nitrogens with one attached hydrogen (secondary N) is 1. The Morgan fingerprint density at radius 3 is 2.23 bits per heavy atom. The molecule has 1 amide bonds. The molecule has 1 aliphatic rings. The van der Waals surface area contributed by atoms with Crippen molar-refractivity contribution in [3.05, 3.63) is 40.3 Å². The van der Waals surface area contributed by atoms with E-state index in [9.17, 15) is 14.4 Å². The van der Waals surface area contributed by atoms with Gasteiger partial charge in [-0.05, 0) is 58.6 Å². The number of para-hydroxylation sites is 2. The number of nitrogens with zero attached hydrogens (tertiary/aromatic N) is 2. The normalized spacial score (nSPS) is 14.3. The van der Waals surface area contributed by atoms with Crippen LogP contribution in [0.4, 0.5) is 4.79 Å². The first-order chi connectivity index (χ1) is 16.5. The van der Waals surface area contributed by atoms with Crippen LogP contribution in [0.3, 0.4) is 0 Å². The maximum absolute atomic E-state index is 11.7. The van der Waals surface area contributed by atoms with Crippen molar-refractivity contribution < 1.29 is 19.1 Å². The summed E-state index contributed by atoms with van der Waals surface area (Å²) >= 11 is 0. The van der Waals surface area contributed by atoms with Gasteiger partial charge in [0.2, 0.25) is 5.69 Å². The van der Waals surface area contributed by atoms with Crippen LogP contribution >= 0.6 is 0 Å². The van der Waals surface area contributed by atoms with Crippen LogP contribution in [0, 0.1) is 5.92 Å². The summed E-state index contributed by atoms with van der Waals surface area (Å²) in [5.74, 6) is -0.0604. The Bertz CT molecular complexity index is 963. The Morgan fingerprint density at radius 1 is 1.14 bits per heavy atom. The van der Waals surface area contributed by atoms with Crippen LogP contribution < -0.4 is 5.56 Å². The summed E-state index contributed by atoms with van der Waals surface area (Å²) in [6.07, 6.45) is 2.05. The zero-order chi connectivity index (χ0) is 27.2. The molecule has 2 heterocycles. The molecule has 0 radical (unpaired) electrons. The Kier molecular flexibility index (Phi) is 14.6. The van der Waals surface area contributed by atoms with E-state index in [4.69, 9.17) is 9.47 Å². The van der Waals surface area contributed by atoms with E-state index in [1.54, 1.807) is 31.2 Å². The zero-order valence-electron chi connectivity index (χ0n) is 23.2. The fourth-order valence-corrected chi connectivity index (χ4v) is 3.16. The van der Waals surface area contributed by atoms with E-state index >= 15 is 0 Å². The molecule has 1 atom stereocenters. The maximum atomic E-state index is 11.7. The Balaban J connectivity index is 0.000000580. The second-order valence-electron chi connectivity index (χ2n) is 8.90. The number of carbonyl (C=O) groups excluding carboxylic acids is 2. The van der Waals surface area contributed by atoms with Gasteiger partial charge in [0.15, 0.2) is 0 Å². The molecule has 1 aromatic heterocycles. The minimum Gasteiger partial charge on any atom is -0.461 e. The van der Waals surface area contributed by atoms with E-state index in [1.165, 1.54) is 0 Å². The highest BCUT2D eigenvalue weighted by Gasteiger charge is 2.35. The van der Waals surface area contributed by atoms with Crippen LogP contribution in [-0.4, -0.2) is 51.7 Å². The molecule has 1 saturated heterocycles. The summed E-state index contributed by atoms with van der Waals surface area (Å²) in [7, 11) is 0. The number of hydrogen-bond donors (Lipinski definition) is 1. The van der Waals surface area contributed by atoms with E-state index in [0.29, 0.717) is 23.0 Å². The third kappa shape index (κ3) is 10.9. The van der Waals surface area contributed by atoms with Crippen molar-refractivity contribution >= 4 is 23.1 Å². The third-order valence-electron chi connectivity index (χ3n) is 4.58. The second-order valence-corrected chi connectivity index (χ2v) is 8.90. The summed E-state index contributed by atoms with van der Waals surface area (Å²) in [5, 5.41) is 0. The molecule has 2 aromatic rings. The lowest BCUT2D eigenvalue weighted by Gasteiger charge is -2.42. The standard InChI is InChI=1S/C12H23NO2.C11H10N2O3.2C2H6/c1-9(2)8-10-6-7-13(10)11(14)15-12(3,4)5;1-2-16-11(15)9-10(14)13-8-6-4-3-5-7(8)12-9;2*1-2/h9-10H,6-8H2,1-5H3;3-6H,2H2,1H3,(H,13,14);2*1-2H3. The van der Waals surface area contributed by atoms with Crippen molar-refractivity contribution in [1.29, 1.82) is 0 Å². The summed E-state index contributed by atoms with van der Waals surface area (Å²) < 4.78 is 10.1. The van der Waals surface area contributed by atoms with Crippen molar-refractivity contribution in [1.82, 2.24) is 14.9 Å². The number of rotatable bonds is 4. The molecular weight excluding hydrogens is 446 g/mol. The van der Waals surface area contributed by atoms with Crippen LogP contribution in [0.25, 0.3) is 11.0 Å². The molecule has 3 rings (SSSR count). The van der Waals surface area contributed by atoms with Gasteiger partial charge in [-0.1, -0.05) is 53.7 Å². The molecule has 1 fully saturated rings. The van der Waals surface area contributed by atoms with Gasteiger partial charge in [-0.3, -0.25) is 4.79 Å². The fourth-order valence-electron chi connectivity index (χ4n) is 3.16. The lowest BCUT2D eigenvalue weighted by Crippen LogP contribution is -2.53. The number of benzene rings is 1. The third-order valence-corrected chi connectivity index (χ3v) is 4.58. The van der Waals surface area contributed by atoms with Crippen LogP contribution in [0.2, 0.25) is 0 Å². The van der Waals surface area contributed by atoms with E-state index in [-0.39, 0.29) is 24.0 Å². The number of fused-ring (bicyclic) bond motifs is 1. The SMILES string of the molecule is CC.CC.CC(C)CC1CCN1C(=O)OC(C)(C)C.CCOC(=O)c1nc2ccccc2[nH]c1=O. The van der Waals surface area contributed by atoms with E-state index in [0.717, 1.165) is 19.4 Å². The number of aromatic amines is 1. The van der Waals surface area contributed by atoms with Gasteiger partial charge in [0, 0.05) is 12.6 Å². The highest BCUT2D eigenvalue weighted by atomic mass is 16.6. The number of likely N-dealkylation sites (tertiary alicyclic amines) is 1. The monoisotopic (exact) mass is 491 g/mol. The topological polar surface area (TPSA) is 102 Å². The highest BCUT2D eigenvalue weighted by Crippen LogP contribution is 2.26. The lowest BCUT2D eigenvalue weighted by molar-refractivity contribution is -0.00875. The smallest absolute Gasteiger partial charge is 0.410 e. The molecule has 0 bridgehead atoms. The summed E-state index contributed by atoms with van der Waals surface area (Å²) in [5.41, 5.74) is 0.0399. The van der Waals surface area contributed by atoms with Crippen molar-refractivity contribution in [3.8, 4) is 0 Å². The molecule has 1 aromatic carbocycles. The lowest BCUT2D eigenvalue weighted by atomic mass is 9.94. The highest BCUT2D eigenvalue weighted by molar-refractivity contribution is 5.89. The van der Waals surface area contributed by atoms with Crippen LogP contribution in [0.5, 0.6) is 0 Å². The van der Waals surface area contributed by atoms with E-state index in [2.05, 4.69) is 23.8 Å². The first-order valence-corrected chi connectivity index (χ1v) is 12.7. The predicted molar refractivity (Wildman–Crippen MR) is 142 cm³/mol. The number of ether oxygens (including phenoxy) is 2. The molecule has 0 spiro atoms. The predicted octanol–water partition coefficient (Wildman–Crippen LogP) is 6.19. The van der Waals surface area contributed by atoms with Crippen molar-refractivity contribution in [3.63, 3.8) is 0 Å². The van der Waals surface area contributed by atoms with Gasteiger partial charge >= 0.3 is 12.1 Å².